The van der Waals surface area contributed by atoms with Crippen LogP contribution in [0.1, 0.15) is 58.6 Å². The maximum Gasteiger partial charge on any atom is 0.408 e. The highest BCUT2D eigenvalue weighted by atomic mass is 16.6. The number of carbonyl (C=O) groups excluding carboxylic acids is 3. The number of hydrogen-bond donors (Lipinski definition) is 3. The molecular weight excluding hydrogens is 482 g/mol. The summed E-state index contributed by atoms with van der Waals surface area (Å²) in [7, 11) is 0. The number of ether oxygens (including phenoxy) is 2. The monoisotopic (exact) mass is 521 g/mol. The normalized spacial score (nSPS) is 13.8. The number of amides is 2. The Kier molecular flexibility index (Phi) is 9.93. The fourth-order valence-electron chi connectivity index (χ4n) is 4.07. The van der Waals surface area contributed by atoms with Gasteiger partial charge < -0.3 is 25.1 Å². The lowest BCUT2D eigenvalue weighted by Gasteiger charge is -2.26. The first kappa shape index (κ1) is 28.8. The largest absolute Gasteiger partial charge is 0.459 e. The van der Waals surface area contributed by atoms with Gasteiger partial charge in [0.2, 0.25) is 5.91 Å². The van der Waals surface area contributed by atoms with Gasteiger partial charge in [-0.3, -0.25) is 4.79 Å². The fraction of sp³-hybridized carbons (Fsp3) is 0.433. The van der Waals surface area contributed by atoms with Crippen molar-refractivity contribution in [3.8, 4) is 0 Å². The Labute approximate surface area is 224 Å². The molecule has 3 rings (SSSR count). The molecule has 3 atom stereocenters. The molecule has 0 radical (unpaired) electrons. The van der Waals surface area contributed by atoms with Gasteiger partial charge in [0.05, 0.1) is 0 Å². The van der Waals surface area contributed by atoms with Crippen molar-refractivity contribution < 1.29 is 23.9 Å². The van der Waals surface area contributed by atoms with Crippen molar-refractivity contribution in [1.82, 2.24) is 15.6 Å². The van der Waals surface area contributed by atoms with Crippen LogP contribution in [0, 0.1) is 5.92 Å². The van der Waals surface area contributed by atoms with E-state index in [-0.39, 0.29) is 18.9 Å². The van der Waals surface area contributed by atoms with Crippen LogP contribution in [0.3, 0.4) is 0 Å². The zero-order chi connectivity index (χ0) is 27.7. The minimum Gasteiger partial charge on any atom is -0.459 e. The van der Waals surface area contributed by atoms with Crippen molar-refractivity contribution in [2.75, 3.05) is 0 Å². The van der Waals surface area contributed by atoms with E-state index in [2.05, 4.69) is 15.6 Å². The molecule has 2 aromatic carbocycles. The molecule has 204 valence electrons. The first-order chi connectivity index (χ1) is 18.1. The molecular formula is C30H39N3O5. The molecule has 8 nitrogen and oxygen atoms in total. The van der Waals surface area contributed by atoms with Crippen LogP contribution in [0.25, 0.3) is 10.9 Å². The Morgan fingerprint density at radius 1 is 0.947 bits per heavy atom. The van der Waals surface area contributed by atoms with E-state index in [1.807, 2.05) is 74.6 Å². The van der Waals surface area contributed by atoms with Crippen molar-refractivity contribution in [2.45, 2.75) is 78.2 Å². The highest BCUT2D eigenvalue weighted by molar-refractivity contribution is 5.90. The van der Waals surface area contributed by atoms with Gasteiger partial charge in [0, 0.05) is 23.5 Å². The first-order valence-corrected chi connectivity index (χ1v) is 13.1. The number of H-pyrrole nitrogens is 1. The number of aromatic amines is 1. The minimum absolute atomic E-state index is 0.0897. The van der Waals surface area contributed by atoms with Crippen LogP contribution >= 0.6 is 0 Å². The van der Waals surface area contributed by atoms with E-state index < -0.39 is 35.7 Å². The van der Waals surface area contributed by atoms with Crippen LogP contribution in [0.2, 0.25) is 0 Å². The lowest BCUT2D eigenvalue weighted by molar-refractivity contribution is -0.149. The van der Waals surface area contributed by atoms with Crippen LogP contribution < -0.4 is 10.6 Å². The number of esters is 1. The van der Waals surface area contributed by atoms with Crippen LogP contribution in [0.5, 0.6) is 0 Å². The van der Waals surface area contributed by atoms with Crippen LogP contribution in [-0.2, 0) is 32.1 Å². The standard InChI is InChI=1S/C30H39N3O5/c1-6-20(2)16-25(33-29(36)38-30(3,4)5)27(34)32-26(28(35)37-19-21-12-8-7-9-13-21)17-22-18-31-24-15-11-10-14-23(22)24/h7-15,18,20,25-26,31H,6,16-17,19H2,1-5H3,(H,32,34)(H,33,36)/t20-,25-,26?/m0/s1. The van der Waals surface area contributed by atoms with Gasteiger partial charge in [-0.1, -0.05) is 68.8 Å². The predicted octanol–water partition coefficient (Wildman–Crippen LogP) is 5.27. The van der Waals surface area contributed by atoms with Gasteiger partial charge >= 0.3 is 12.1 Å². The van der Waals surface area contributed by atoms with Crippen molar-refractivity contribution >= 4 is 28.9 Å². The molecule has 1 aromatic heterocycles. The average molecular weight is 522 g/mol. The van der Waals surface area contributed by atoms with Crippen LogP contribution in [0.15, 0.2) is 60.8 Å². The van der Waals surface area contributed by atoms with Gasteiger partial charge in [-0.25, -0.2) is 9.59 Å². The zero-order valence-electron chi connectivity index (χ0n) is 22.9. The van der Waals surface area contributed by atoms with Gasteiger partial charge in [0.1, 0.15) is 24.3 Å². The van der Waals surface area contributed by atoms with E-state index in [1.54, 1.807) is 20.8 Å². The third kappa shape index (κ3) is 8.64. The Morgan fingerprint density at radius 2 is 1.63 bits per heavy atom. The molecule has 3 aromatic rings. The Bertz CT molecular complexity index is 1220. The van der Waals surface area contributed by atoms with Gasteiger partial charge in [-0.2, -0.15) is 0 Å². The van der Waals surface area contributed by atoms with E-state index in [0.717, 1.165) is 28.5 Å². The molecule has 38 heavy (non-hydrogen) atoms. The predicted molar refractivity (Wildman–Crippen MR) is 147 cm³/mol. The van der Waals surface area contributed by atoms with E-state index in [0.29, 0.717) is 6.42 Å². The quantitative estimate of drug-likeness (QED) is 0.298. The summed E-state index contributed by atoms with van der Waals surface area (Å²) in [4.78, 5) is 42.5. The summed E-state index contributed by atoms with van der Waals surface area (Å²) in [5, 5.41) is 6.52. The number of nitrogens with one attached hydrogen (secondary N) is 3. The summed E-state index contributed by atoms with van der Waals surface area (Å²) in [6.45, 7) is 9.40. The molecule has 0 saturated carbocycles. The maximum atomic E-state index is 13.5. The van der Waals surface area contributed by atoms with Crippen molar-refractivity contribution in [3.63, 3.8) is 0 Å². The molecule has 1 heterocycles. The summed E-state index contributed by atoms with van der Waals surface area (Å²) in [5.41, 5.74) is 1.95. The smallest absolute Gasteiger partial charge is 0.408 e. The van der Waals surface area contributed by atoms with E-state index in [4.69, 9.17) is 9.47 Å². The summed E-state index contributed by atoms with van der Waals surface area (Å²) in [6.07, 6.45) is 2.62. The molecule has 0 aliphatic heterocycles. The summed E-state index contributed by atoms with van der Waals surface area (Å²) >= 11 is 0. The highest BCUT2D eigenvalue weighted by Gasteiger charge is 2.30. The van der Waals surface area contributed by atoms with E-state index >= 15 is 0 Å². The van der Waals surface area contributed by atoms with Crippen LogP contribution in [0.4, 0.5) is 4.79 Å². The maximum absolute atomic E-state index is 13.5. The van der Waals surface area contributed by atoms with Crippen molar-refractivity contribution in [2.24, 2.45) is 5.92 Å². The van der Waals surface area contributed by atoms with Gasteiger partial charge in [0.15, 0.2) is 0 Å². The summed E-state index contributed by atoms with van der Waals surface area (Å²) in [5.74, 6) is -0.845. The molecule has 8 heteroatoms. The number of alkyl carbamates (subject to hydrolysis) is 1. The summed E-state index contributed by atoms with van der Waals surface area (Å²) < 4.78 is 11.0. The second-order valence-corrected chi connectivity index (χ2v) is 10.7. The van der Waals surface area contributed by atoms with E-state index in [1.165, 1.54) is 0 Å². The molecule has 1 unspecified atom stereocenters. The first-order valence-electron chi connectivity index (χ1n) is 13.1. The number of hydrogen-bond acceptors (Lipinski definition) is 5. The second-order valence-electron chi connectivity index (χ2n) is 10.7. The lowest BCUT2D eigenvalue weighted by Crippen LogP contribution is -2.53. The number of aromatic nitrogens is 1. The Balaban J connectivity index is 1.80. The van der Waals surface area contributed by atoms with Gasteiger partial charge in [-0.05, 0) is 50.3 Å². The molecule has 0 aliphatic carbocycles. The number of rotatable bonds is 11. The molecule has 0 spiro atoms. The minimum atomic E-state index is -0.953. The number of fused-ring (bicyclic) bond motifs is 1. The molecule has 3 N–H and O–H groups in total. The molecule has 0 saturated heterocycles. The van der Waals surface area contributed by atoms with Gasteiger partial charge in [0.25, 0.3) is 0 Å². The molecule has 0 bridgehead atoms. The Morgan fingerprint density at radius 3 is 2.32 bits per heavy atom. The molecule has 2 amide bonds. The second kappa shape index (κ2) is 13.1. The Hall–Kier alpha value is -3.81. The topological polar surface area (TPSA) is 110 Å². The number of carbonyl (C=O) groups is 3. The third-order valence-corrected chi connectivity index (χ3v) is 6.27. The zero-order valence-corrected chi connectivity index (χ0v) is 22.9. The lowest BCUT2D eigenvalue weighted by atomic mass is 9.98. The average Bonchev–Trinajstić information content (AvgIpc) is 3.28. The molecule has 0 aliphatic rings. The molecule has 0 fully saturated rings. The van der Waals surface area contributed by atoms with Crippen molar-refractivity contribution in [1.29, 1.82) is 0 Å². The highest BCUT2D eigenvalue weighted by Crippen LogP contribution is 2.20. The van der Waals surface area contributed by atoms with Gasteiger partial charge in [-0.15, -0.1) is 0 Å². The summed E-state index contributed by atoms with van der Waals surface area (Å²) in [6, 6.07) is 15.3. The fourth-order valence-corrected chi connectivity index (χ4v) is 4.07. The third-order valence-electron chi connectivity index (χ3n) is 6.27. The van der Waals surface area contributed by atoms with Crippen molar-refractivity contribution in [3.05, 3.63) is 71.9 Å². The van der Waals surface area contributed by atoms with Crippen LogP contribution in [-0.4, -0.2) is 40.6 Å². The SMILES string of the molecule is CC[C@H](C)C[C@H](NC(=O)OC(C)(C)C)C(=O)NC(Cc1c[nH]c2ccccc12)C(=O)OCc1ccccc1. The number of para-hydroxylation sites is 1. The number of benzene rings is 2. The van der Waals surface area contributed by atoms with E-state index in [9.17, 15) is 14.4 Å².